The quantitative estimate of drug-likeness (QED) is 0.731. The molecule has 1 aromatic rings. The summed E-state index contributed by atoms with van der Waals surface area (Å²) in [5.74, 6) is 0.527. The van der Waals surface area contributed by atoms with E-state index in [1.807, 2.05) is 0 Å². The normalized spacial score (nSPS) is 15.0. The lowest BCUT2D eigenvalue weighted by Crippen LogP contribution is -2.25. The molecule has 1 heterocycles. The van der Waals surface area contributed by atoms with Gasteiger partial charge in [-0.15, -0.1) is 0 Å². The Labute approximate surface area is 88.7 Å². The minimum absolute atomic E-state index is 0.0145. The van der Waals surface area contributed by atoms with Crippen LogP contribution in [0.2, 0.25) is 0 Å². The lowest BCUT2D eigenvalue weighted by molar-refractivity contribution is 0.0982. The van der Waals surface area contributed by atoms with Crippen molar-refractivity contribution in [3.05, 3.63) is 24.0 Å². The van der Waals surface area contributed by atoms with Crippen LogP contribution in [-0.4, -0.2) is 30.5 Å². The van der Waals surface area contributed by atoms with Crippen LogP contribution >= 0.6 is 0 Å². The predicted octanol–water partition coefficient (Wildman–Crippen LogP) is 1.02. The first kappa shape index (κ1) is 10.1. The molecule has 0 aromatic carbocycles. The number of ketones is 1. The van der Waals surface area contributed by atoms with Crippen molar-refractivity contribution in [2.24, 2.45) is 0 Å². The van der Waals surface area contributed by atoms with Crippen LogP contribution in [-0.2, 0) is 0 Å². The van der Waals surface area contributed by atoms with Crippen LogP contribution in [0.3, 0.4) is 0 Å². The maximum Gasteiger partial charge on any atom is 0.198 e. The van der Waals surface area contributed by atoms with Crippen LogP contribution in [0.5, 0.6) is 5.75 Å². The van der Waals surface area contributed by atoms with Gasteiger partial charge in [-0.05, 0) is 25.0 Å². The number of aromatic nitrogens is 1. The summed E-state index contributed by atoms with van der Waals surface area (Å²) in [7, 11) is 1.54. The fourth-order valence-electron chi connectivity index (χ4n) is 1.37. The monoisotopic (exact) mass is 206 g/mol. The SMILES string of the molecule is COc1cccnc1C(=O)CNC1CC1. The lowest BCUT2D eigenvalue weighted by Gasteiger charge is -2.06. The number of hydrogen-bond donors (Lipinski definition) is 1. The summed E-state index contributed by atoms with van der Waals surface area (Å²) in [4.78, 5) is 15.8. The number of pyridine rings is 1. The van der Waals surface area contributed by atoms with E-state index < -0.39 is 0 Å². The standard InChI is InChI=1S/C11H14N2O2/c1-15-10-3-2-6-12-11(10)9(14)7-13-8-4-5-8/h2-3,6,8,13H,4-5,7H2,1H3. The Morgan fingerprint density at radius 1 is 1.67 bits per heavy atom. The van der Waals surface area contributed by atoms with Crippen LogP contribution in [0.4, 0.5) is 0 Å². The van der Waals surface area contributed by atoms with Gasteiger partial charge in [-0.1, -0.05) is 0 Å². The van der Waals surface area contributed by atoms with E-state index in [0.717, 1.165) is 0 Å². The first-order chi connectivity index (χ1) is 7.31. The Bertz CT molecular complexity index is 361. The molecular weight excluding hydrogens is 192 g/mol. The van der Waals surface area contributed by atoms with Gasteiger partial charge in [0.2, 0.25) is 0 Å². The molecule has 2 rings (SSSR count). The van der Waals surface area contributed by atoms with Gasteiger partial charge in [-0.3, -0.25) is 4.79 Å². The molecule has 1 fully saturated rings. The molecule has 0 saturated heterocycles. The lowest BCUT2D eigenvalue weighted by atomic mass is 10.2. The molecule has 0 radical (unpaired) electrons. The number of carbonyl (C=O) groups is 1. The summed E-state index contributed by atoms with van der Waals surface area (Å²) >= 11 is 0. The zero-order valence-electron chi connectivity index (χ0n) is 8.69. The Hall–Kier alpha value is -1.42. The van der Waals surface area contributed by atoms with Gasteiger partial charge in [0, 0.05) is 12.2 Å². The maximum atomic E-state index is 11.8. The Balaban J connectivity index is 2.02. The van der Waals surface area contributed by atoms with Crippen molar-refractivity contribution in [1.82, 2.24) is 10.3 Å². The second kappa shape index (κ2) is 4.40. The van der Waals surface area contributed by atoms with Gasteiger partial charge < -0.3 is 10.1 Å². The van der Waals surface area contributed by atoms with Crippen molar-refractivity contribution in [2.75, 3.05) is 13.7 Å². The molecule has 0 spiro atoms. The second-order valence-corrected chi connectivity index (χ2v) is 3.63. The number of nitrogens with zero attached hydrogens (tertiary/aromatic N) is 1. The van der Waals surface area contributed by atoms with Gasteiger partial charge in [-0.2, -0.15) is 0 Å². The van der Waals surface area contributed by atoms with E-state index in [1.54, 1.807) is 25.4 Å². The Morgan fingerprint density at radius 3 is 3.13 bits per heavy atom. The van der Waals surface area contributed by atoms with Gasteiger partial charge >= 0.3 is 0 Å². The summed E-state index contributed by atoms with van der Waals surface area (Å²) < 4.78 is 5.08. The number of ether oxygens (including phenoxy) is 1. The summed E-state index contributed by atoms with van der Waals surface area (Å²) in [6, 6.07) is 4.03. The molecule has 1 aliphatic carbocycles. The molecular formula is C11H14N2O2. The molecule has 1 N–H and O–H groups in total. The van der Waals surface area contributed by atoms with Crippen LogP contribution < -0.4 is 10.1 Å². The third-order valence-electron chi connectivity index (χ3n) is 2.38. The van der Waals surface area contributed by atoms with E-state index in [9.17, 15) is 4.79 Å². The van der Waals surface area contributed by atoms with E-state index >= 15 is 0 Å². The van der Waals surface area contributed by atoms with Gasteiger partial charge in [0.15, 0.2) is 5.78 Å². The molecule has 1 aromatic heterocycles. The molecule has 0 bridgehead atoms. The predicted molar refractivity (Wildman–Crippen MR) is 56.1 cm³/mol. The summed E-state index contributed by atoms with van der Waals surface area (Å²) in [6.45, 7) is 0.345. The van der Waals surface area contributed by atoms with Crippen LogP contribution in [0.25, 0.3) is 0 Å². The largest absolute Gasteiger partial charge is 0.494 e. The minimum atomic E-state index is -0.0145. The molecule has 0 amide bonds. The fourth-order valence-corrected chi connectivity index (χ4v) is 1.37. The number of Topliss-reactive ketones (excluding diaryl/α,β-unsaturated/α-hetero) is 1. The van der Waals surface area contributed by atoms with Gasteiger partial charge in [0.05, 0.1) is 13.7 Å². The third-order valence-corrected chi connectivity index (χ3v) is 2.38. The van der Waals surface area contributed by atoms with E-state index in [2.05, 4.69) is 10.3 Å². The minimum Gasteiger partial charge on any atom is -0.494 e. The molecule has 15 heavy (non-hydrogen) atoms. The topological polar surface area (TPSA) is 51.2 Å². The zero-order valence-corrected chi connectivity index (χ0v) is 8.69. The Morgan fingerprint density at radius 2 is 2.47 bits per heavy atom. The van der Waals surface area contributed by atoms with E-state index in [1.165, 1.54) is 12.8 Å². The van der Waals surface area contributed by atoms with Crippen molar-refractivity contribution in [1.29, 1.82) is 0 Å². The molecule has 0 atom stereocenters. The van der Waals surface area contributed by atoms with Crippen LogP contribution in [0.15, 0.2) is 18.3 Å². The van der Waals surface area contributed by atoms with Crippen LogP contribution in [0, 0.1) is 0 Å². The Kier molecular flexibility index (Phi) is 2.97. The number of nitrogens with one attached hydrogen (secondary N) is 1. The highest BCUT2D eigenvalue weighted by Gasteiger charge is 2.22. The number of methoxy groups -OCH3 is 1. The molecule has 1 aliphatic rings. The van der Waals surface area contributed by atoms with E-state index in [4.69, 9.17) is 4.74 Å². The fraction of sp³-hybridized carbons (Fsp3) is 0.455. The molecule has 4 nitrogen and oxygen atoms in total. The molecule has 0 unspecified atom stereocenters. The smallest absolute Gasteiger partial charge is 0.198 e. The average Bonchev–Trinajstić information content (AvgIpc) is 3.09. The van der Waals surface area contributed by atoms with Crippen LogP contribution in [0.1, 0.15) is 23.3 Å². The molecule has 0 aliphatic heterocycles. The first-order valence-electron chi connectivity index (χ1n) is 5.07. The third kappa shape index (κ3) is 2.53. The highest BCUT2D eigenvalue weighted by Crippen LogP contribution is 2.19. The van der Waals surface area contributed by atoms with Crippen molar-refractivity contribution in [3.8, 4) is 5.75 Å². The number of rotatable bonds is 5. The number of hydrogen-bond acceptors (Lipinski definition) is 4. The molecule has 80 valence electrons. The maximum absolute atomic E-state index is 11.8. The molecule has 4 heteroatoms. The van der Waals surface area contributed by atoms with Crippen molar-refractivity contribution < 1.29 is 9.53 Å². The van der Waals surface area contributed by atoms with Crippen molar-refractivity contribution in [3.63, 3.8) is 0 Å². The summed E-state index contributed by atoms with van der Waals surface area (Å²) in [5, 5.41) is 3.16. The number of carbonyl (C=O) groups excluding carboxylic acids is 1. The van der Waals surface area contributed by atoms with Gasteiger partial charge in [0.1, 0.15) is 11.4 Å². The van der Waals surface area contributed by atoms with Crippen molar-refractivity contribution >= 4 is 5.78 Å². The highest BCUT2D eigenvalue weighted by atomic mass is 16.5. The highest BCUT2D eigenvalue weighted by molar-refractivity contribution is 5.98. The second-order valence-electron chi connectivity index (χ2n) is 3.63. The van der Waals surface area contributed by atoms with E-state index in [0.29, 0.717) is 24.0 Å². The average molecular weight is 206 g/mol. The summed E-state index contributed by atoms with van der Waals surface area (Å²) in [6.07, 6.45) is 3.95. The summed E-state index contributed by atoms with van der Waals surface area (Å²) in [5.41, 5.74) is 0.410. The first-order valence-corrected chi connectivity index (χ1v) is 5.07. The van der Waals surface area contributed by atoms with Crippen molar-refractivity contribution in [2.45, 2.75) is 18.9 Å². The van der Waals surface area contributed by atoms with E-state index in [-0.39, 0.29) is 5.78 Å². The zero-order chi connectivity index (χ0) is 10.7. The van der Waals surface area contributed by atoms with Gasteiger partial charge in [-0.25, -0.2) is 4.98 Å². The molecule has 1 saturated carbocycles. The van der Waals surface area contributed by atoms with Gasteiger partial charge in [0.25, 0.3) is 0 Å².